The summed E-state index contributed by atoms with van der Waals surface area (Å²) in [6, 6.07) is 3.35. The molecule has 0 heterocycles. The summed E-state index contributed by atoms with van der Waals surface area (Å²) in [4.78, 5) is 13.3. The number of ether oxygens (including phenoxy) is 2. The van der Waals surface area contributed by atoms with Gasteiger partial charge >= 0.3 is 0 Å². The topological polar surface area (TPSA) is 38.8 Å². The van der Waals surface area contributed by atoms with Crippen LogP contribution < -0.4 is 9.47 Å². The van der Waals surface area contributed by atoms with Gasteiger partial charge in [0.15, 0.2) is 0 Å². The third kappa shape index (κ3) is 2.47. The fourth-order valence-corrected chi connectivity index (χ4v) is 1.80. The van der Waals surface area contributed by atoms with Crippen molar-refractivity contribution in [3.8, 4) is 11.5 Å². The number of benzene rings is 1. The minimum atomic E-state index is -0.0934. The van der Waals surface area contributed by atoms with Crippen LogP contribution in [0.1, 0.15) is 10.4 Å². The van der Waals surface area contributed by atoms with Gasteiger partial charge in [-0.3, -0.25) is 4.79 Å². The molecule has 0 unspecified atom stereocenters. The lowest BCUT2D eigenvalue weighted by atomic mass is 10.2. The van der Waals surface area contributed by atoms with Gasteiger partial charge in [0.25, 0.3) is 5.91 Å². The van der Waals surface area contributed by atoms with E-state index in [1.165, 1.54) is 4.90 Å². The summed E-state index contributed by atoms with van der Waals surface area (Å²) in [5.74, 6) is 1.05. The number of rotatable bonds is 3. The summed E-state index contributed by atoms with van der Waals surface area (Å²) in [6.45, 7) is 0. The monoisotopic (exact) mass is 287 g/mol. The van der Waals surface area contributed by atoms with Crippen LogP contribution in [0.4, 0.5) is 0 Å². The van der Waals surface area contributed by atoms with Gasteiger partial charge in [-0.05, 0) is 28.1 Å². The molecule has 0 spiro atoms. The summed E-state index contributed by atoms with van der Waals surface area (Å²) in [5.41, 5.74) is 0.530. The number of methoxy groups -OCH3 is 2. The molecule has 4 nitrogen and oxygen atoms in total. The molecular formula is C11H14BrNO3. The maximum atomic E-state index is 11.8. The van der Waals surface area contributed by atoms with Gasteiger partial charge in [-0.1, -0.05) is 0 Å². The number of halogens is 1. The van der Waals surface area contributed by atoms with Crippen molar-refractivity contribution >= 4 is 21.8 Å². The van der Waals surface area contributed by atoms with Gasteiger partial charge in [-0.15, -0.1) is 0 Å². The minimum Gasteiger partial charge on any atom is -0.495 e. The molecule has 0 atom stereocenters. The molecule has 1 aromatic carbocycles. The number of carbonyl (C=O) groups is 1. The highest BCUT2D eigenvalue weighted by Gasteiger charge is 2.15. The molecule has 1 rings (SSSR count). The average molecular weight is 288 g/mol. The lowest BCUT2D eigenvalue weighted by Gasteiger charge is -2.14. The molecule has 0 bridgehead atoms. The first-order valence-electron chi connectivity index (χ1n) is 4.64. The third-order valence-electron chi connectivity index (χ3n) is 2.10. The summed E-state index contributed by atoms with van der Waals surface area (Å²) >= 11 is 3.35. The van der Waals surface area contributed by atoms with Crippen LogP contribution in [0.15, 0.2) is 16.6 Å². The minimum absolute atomic E-state index is 0.0934. The Morgan fingerprint density at radius 1 is 1.19 bits per heavy atom. The number of nitrogens with zero attached hydrogens (tertiary/aromatic N) is 1. The molecule has 0 radical (unpaired) electrons. The van der Waals surface area contributed by atoms with Gasteiger partial charge in [0.1, 0.15) is 16.0 Å². The molecule has 0 N–H and O–H groups in total. The Morgan fingerprint density at radius 2 is 1.62 bits per heavy atom. The number of hydrogen-bond donors (Lipinski definition) is 0. The molecular weight excluding hydrogens is 274 g/mol. The van der Waals surface area contributed by atoms with E-state index in [0.29, 0.717) is 21.5 Å². The average Bonchev–Trinajstić information content (AvgIpc) is 2.28. The Morgan fingerprint density at radius 3 is 1.94 bits per heavy atom. The molecule has 0 aliphatic carbocycles. The molecule has 1 aromatic rings. The molecule has 1 amide bonds. The van der Waals surface area contributed by atoms with Crippen LogP contribution in [0.3, 0.4) is 0 Å². The molecule has 0 saturated carbocycles. The van der Waals surface area contributed by atoms with E-state index in [2.05, 4.69) is 15.9 Å². The number of hydrogen-bond acceptors (Lipinski definition) is 3. The van der Waals surface area contributed by atoms with Crippen LogP contribution in [0, 0.1) is 0 Å². The van der Waals surface area contributed by atoms with Crippen molar-refractivity contribution in [3.05, 3.63) is 22.2 Å². The molecule has 0 aliphatic rings. The van der Waals surface area contributed by atoms with Gasteiger partial charge in [0.2, 0.25) is 0 Å². The van der Waals surface area contributed by atoms with Crippen molar-refractivity contribution in [1.29, 1.82) is 0 Å². The van der Waals surface area contributed by atoms with E-state index < -0.39 is 0 Å². The lowest BCUT2D eigenvalue weighted by Crippen LogP contribution is -2.21. The maximum absolute atomic E-state index is 11.8. The van der Waals surface area contributed by atoms with Crippen molar-refractivity contribution in [2.24, 2.45) is 0 Å². The van der Waals surface area contributed by atoms with Gasteiger partial charge in [0.05, 0.1) is 14.2 Å². The van der Waals surface area contributed by atoms with E-state index in [0.717, 1.165) is 0 Å². The summed E-state index contributed by atoms with van der Waals surface area (Å²) < 4.78 is 11.0. The van der Waals surface area contributed by atoms with Crippen molar-refractivity contribution in [2.75, 3.05) is 28.3 Å². The van der Waals surface area contributed by atoms with Gasteiger partial charge < -0.3 is 14.4 Å². The van der Waals surface area contributed by atoms with E-state index in [1.807, 2.05) is 0 Å². The zero-order valence-electron chi connectivity index (χ0n) is 9.70. The summed E-state index contributed by atoms with van der Waals surface area (Å²) in [7, 11) is 6.49. The quantitative estimate of drug-likeness (QED) is 0.855. The largest absolute Gasteiger partial charge is 0.495 e. The van der Waals surface area contributed by atoms with Gasteiger partial charge in [-0.25, -0.2) is 0 Å². The van der Waals surface area contributed by atoms with E-state index in [1.54, 1.807) is 40.4 Å². The first kappa shape index (κ1) is 12.8. The van der Waals surface area contributed by atoms with Crippen LogP contribution in [-0.4, -0.2) is 39.1 Å². The Kier molecular flexibility index (Phi) is 4.18. The molecule has 5 heteroatoms. The molecule has 0 aliphatic heterocycles. The first-order chi connectivity index (χ1) is 7.51. The Balaban J connectivity index is 3.27. The number of carbonyl (C=O) groups excluding carboxylic acids is 1. The van der Waals surface area contributed by atoms with Gasteiger partial charge in [-0.2, -0.15) is 0 Å². The second-order valence-corrected chi connectivity index (χ2v) is 4.19. The Hall–Kier alpha value is -1.23. The van der Waals surface area contributed by atoms with E-state index >= 15 is 0 Å². The predicted molar refractivity (Wildman–Crippen MR) is 65.3 cm³/mol. The van der Waals surface area contributed by atoms with Crippen molar-refractivity contribution in [2.45, 2.75) is 0 Å². The van der Waals surface area contributed by atoms with Crippen LogP contribution in [-0.2, 0) is 0 Å². The summed E-state index contributed by atoms with van der Waals surface area (Å²) in [6.07, 6.45) is 0. The van der Waals surface area contributed by atoms with Crippen molar-refractivity contribution in [3.63, 3.8) is 0 Å². The van der Waals surface area contributed by atoms with Crippen molar-refractivity contribution < 1.29 is 14.3 Å². The fraction of sp³-hybridized carbons (Fsp3) is 0.364. The number of amides is 1. The molecule has 0 saturated heterocycles. The van der Waals surface area contributed by atoms with Crippen LogP contribution in [0.5, 0.6) is 11.5 Å². The smallest absolute Gasteiger partial charge is 0.253 e. The predicted octanol–water partition coefficient (Wildman–Crippen LogP) is 2.17. The molecule has 88 valence electrons. The highest BCUT2D eigenvalue weighted by atomic mass is 79.9. The maximum Gasteiger partial charge on any atom is 0.253 e. The third-order valence-corrected chi connectivity index (χ3v) is 2.88. The van der Waals surface area contributed by atoms with E-state index in [9.17, 15) is 4.79 Å². The normalized spacial score (nSPS) is 9.81. The zero-order chi connectivity index (χ0) is 12.3. The summed E-state index contributed by atoms with van der Waals surface area (Å²) in [5, 5.41) is 0. The second kappa shape index (κ2) is 5.21. The lowest BCUT2D eigenvalue weighted by molar-refractivity contribution is 0.0827. The zero-order valence-corrected chi connectivity index (χ0v) is 11.3. The second-order valence-electron chi connectivity index (χ2n) is 3.39. The van der Waals surface area contributed by atoms with Crippen molar-refractivity contribution in [1.82, 2.24) is 4.90 Å². The standard InChI is InChI=1S/C11H14BrNO3/c1-13(2)11(14)7-5-8(15-3)10(12)9(6-7)16-4/h5-6H,1-4H3. The Labute approximate surface area is 103 Å². The Bertz CT molecular complexity index is 379. The first-order valence-corrected chi connectivity index (χ1v) is 5.43. The molecule has 0 fully saturated rings. The highest BCUT2D eigenvalue weighted by molar-refractivity contribution is 9.10. The SMILES string of the molecule is COc1cc(C(=O)N(C)C)cc(OC)c1Br. The van der Waals surface area contributed by atoms with Gasteiger partial charge in [0, 0.05) is 19.7 Å². The van der Waals surface area contributed by atoms with Crippen LogP contribution in [0.25, 0.3) is 0 Å². The van der Waals surface area contributed by atoms with E-state index in [4.69, 9.17) is 9.47 Å². The fourth-order valence-electron chi connectivity index (χ4n) is 1.25. The molecule has 16 heavy (non-hydrogen) atoms. The van der Waals surface area contributed by atoms with E-state index in [-0.39, 0.29) is 5.91 Å². The van der Waals surface area contributed by atoms with Crippen LogP contribution in [0.2, 0.25) is 0 Å². The molecule has 0 aromatic heterocycles. The van der Waals surface area contributed by atoms with Crippen LogP contribution >= 0.6 is 15.9 Å². The highest BCUT2D eigenvalue weighted by Crippen LogP contribution is 2.35.